The molecule has 0 saturated carbocycles. The van der Waals surface area contributed by atoms with Gasteiger partial charge in [-0.25, -0.2) is 0 Å². The number of ether oxygens (including phenoxy) is 3. The molecule has 0 unspecified atom stereocenters. The van der Waals surface area contributed by atoms with Crippen LogP contribution >= 0.6 is 0 Å². The summed E-state index contributed by atoms with van der Waals surface area (Å²) >= 11 is -1.22. The van der Waals surface area contributed by atoms with Crippen LogP contribution in [0, 0.1) is 0 Å². The van der Waals surface area contributed by atoms with Crippen molar-refractivity contribution in [1.29, 1.82) is 0 Å². The van der Waals surface area contributed by atoms with Crippen LogP contribution in [0.3, 0.4) is 0 Å². The average molecular weight is 555 g/mol. The van der Waals surface area contributed by atoms with Gasteiger partial charge in [0.2, 0.25) is 0 Å². The van der Waals surface area contributed by atoms with Gasteiger partial charge in [0.15, 0.2) is 0 Å². The molecule has 0 spiro atoms. The fourth-order valence-electron chi connectivity index (χ4n) is 4.53. The summed E-state index contributed by atoms with van der Waals surface area (Å²) in [4.78, 5) is 0. The summed E-state index contributed by atoms with van der Waals surface area (Å²) in [6.07, 6.45) is 7.55. The summed E-state index contributed by atoms with van der Waals surface area (Å²) in [5.41, 5.74) is 1.01. The molecule has 0 bridgehead atoms. The second-order valence-electron chi connectivity index (χ2n) is 9.14. The molecule has 1 aliphatic heterocycles. The molecular weight excluding hydrogens is 511 g/mol. The minimum atomic E-state index is -1.22. The molecule has 2 radical (unpaired) electrons. The third-order valence-corrected chi connectivity index (χ3v) is 12.6. The minimum absolute atomic E-state index is 0.291. The molecular formula is C26H44O5Sn. The fourth-order valence-corrected chi connectivity index (χ4v) is 10.6. The van der Waals surface area contributed by atoms with Gasteiger partial charge in [0.05, 0.1) is 0 Å². The van der Waals surface area contributed by atoms with Crippen molar-refractivity contribution in [2.75, 3.05) is 7.11 Å². The molecule has 1 heterocycles. The first-order valence-electron chi connectivity index (χ1n) is 12.5. The van der Waals surface area contributed by atoms with Crippen molar-refractivity contribution in [3.63, 3.8) is 0 Å². The number of methoxy groups -OCH3 is 1. The van der Waals surface area contributed by atoms with Gasteiger partial charge in [-0.05, 0) is 0 Å². The molecule has 1 saturated heterocycles. The first kappa shape index (κ1) is 28.1. The van der Waals surface area contributed by atoms with Crippen LogP contribution in [0.2, 0.25) is 3.43 Å². The van der Waals surface area contributed by atoms with E-state index in [4.69, 9.17) is 14.2 Å². The van der Waals surface area contributed by atoms with Crippen molar-refractivity contribution in [3.05, 3.63) is 35.9 Å². The number of hydrogen-bond acceptors (Lipinski definition) is 5. The Bertz CT molecular complexity index is 590. The van der Waals surface area contributed by atoms with Crippen LogP contribution in [0.25, 0.3) is 0 Å². The van der Waals surface area contributed by atoms with Crippen molar-refractivity contribution >= 4 is 21.1 Å². The van der Waals surface area contributed by atoms with Crippen molar-refractivity contribution in [2.45, 2.75) is 117 Å². The van der Waals surface area contributed by atoms with E-state index in [2.05, 4.69) is 20.8 Å². The zero-order valence-electron chi connectivity index (χ0n) is 20.5. The summed E-state index contributed by atoms with van der Waals surface area (Å²) in [6.45, 7) is 7.10. The third-order valence-electron chi connectivity index (χ3n) is 6.54. The van der Waals surface area contributed by atoms with Gasteiger partial charge in [-0.15, -0.1) is 0 Å². The van der Waals surface area contributed by atoms with Crippen LogP contribution in [0.4, 0.5) is 0 Å². The molecule has 2 rings (SSSR count). The number of aliphatic hydroxyl groups is 2. The maximum absolute atomic E-state index is 11.1. The normalized spacial score (nSPS) is 26.4. The maximum atomic E-state index is 11.1. The fraction of sp³-hybridized carbons (Fsp3) is 0.769. The quantitative estimate of drug-likeness (QED) is 0.297. The predicted molar refractivity (Wildman–Crippen MR) is 130 cm³/mol. The van der Waals surface area contributed by atoms with Crippen LogP contribution in [-0.2, 0) is 20.8 Å². The number of benzene rings is 1. The number of hydrogen-bond donors (Lipinski definition) is 2. The number of unbranched alkanes of at least 4 members (excludes halogenated alkanes) is 3. The Labute approximate surface area is 205 Å². The molecule has 1 aliphatic rings. The summed E-state index contributed by atoms with van der Waals surface area (Å²) in [6, 6.07) is 9.84. The molecule has 1 aromatic carbocycles. The van der Waals surface area contributed by atoms with Gasteiger partial charge in [-0.1, -0.05) is 0 Å². The molecule has 182 valence electrons. The second-order valence-corrected chi connectivity index (χ2v) is 14.6. The predicted octanol–water partition coefficient (Wildman–Crippen LogP) is 5.06. The van der Waals surface area contributed by atoms with E-state index in [0.717, 1.165) is 5.56 Å². The topological polar surface area (TPSA) is 68.2 Å². The number of rotatable bonds is 15. The molecule has 5 atom stereocenters. The summed E-state index contributed by atoms with van der Waals surface area (Å²) in [7, 11) is 1.59. The van der Waals surface area contributed by atoms with Crippen molar-refractivity contribution in [3.8, 4) is 0 Å². The van der Waals surface area contributed by atoms with E-state index in [1.54, 1.807) is 7.11 Å². The van der Waals surface area contributed by atoms with Gasteiger partial charge < -0.3 is 0 Å². The number of aliphatic hydroxyl groups excluding tert-OH is 2. The Morgan fingerprint density at radius 3 is 1.97 bits per heavy atom. The zero-order valence-corrected chi connectivity index (χ0v) is 23.3. The van der Waals surface area contributed by atoms with E-state index in [1.165, 1.54) is 57.8 Å². The Hall–Kier alpha value is -0.181. The first-order valence-corrected chi connectivity index (χ1v) is 15.5. The summed E-state index contributed by atoms with van der Waals surface area (Å²) in [5, 5.41) is 22.1. The first-order chi connectivity index (χ1) is 15.5. The van der Waals surface area contributed by atoms with Gasteiger partial charge >= 0.3 is 206 Å². The molecule has 6 heteroatoms. The van der Waals surface area contributed by atoms with Gasteiger partial charge in [0, 0.05) is 0 Å². The summed E-state index contributed by atoms with van der Waals surface area (Å²) in [5.74, 6) is 0. The van der Waals surface area contributed by atoms with Gasteiger partial charge in [-0.2, -0.15) is 0 Å². The van der Waals surface area contributed by atoms with Gasteiger partial charge in [0.25, 0.3) is 0 Å². The Morgan fingerprint density at radius 2 is 1.47 bits per heavy atom. The van der Waals surface area contributed by atoms with Gasteiger partial charge in [0.1, 0.15) is 0 Å². The Morgan fingerprint density at radius 1 is 0.906 bits per heavy atom. The van der Waals surface area contributed by atoms with Gasteiger partial charge in [-0.3, -0.25) is 0 Å². The molecule has 0 aromatic heterocycles. The molecule has 1 fully saturated rings. The molecule has 32 heavy (non-hydrogen) atoms. The van der Waals surface area contributed by atoms with Crippen LogP contribution in [0.15, 0.2) is 30.3 Å². The Balaban J connectivity index is 2.13. The van der Waals surface area contributed by atoms with E-state index < -0.39 is 45.7 Å². The van der Waals surface area contributed by atoms with E-state index in [9.17, 15) is 10.2 Å². The van der Waals surface area contributed by atoms with Crippen LogP contribution < -0.4 is 0 Å². The van der Waals surface area contributed by atoms with Crippen molar-refractivity contribution < 1.29 is 24.4 Å². The van der Waals surface area contributed by atoms with Crippen molar-refractivity contribution in [2.24, 2.45) is 0 Å². The van der Waals surface area contributed by atoms with Crippen LogP contribution in [-0.4, -0.2) is 67.2 Å². The van der Waals surface area contributed by atoms with E-state index >= 15 is 0 Å². The average Bonchev–Trinajstić information content (AvgIpc) is 2.82. The molecule has 2 N–H and O–H groups in total. The second kappa shape index (κ2) is 14.9. The van der Waals surface area contributed by atoms with E-state index in [0.29, 0.717) is 10.0 Å². The zero-order chi connectivity index (χ0) is 23.4. The Kier molecular flexibility index (Phi) is 13.1. The van der Waals surface area contributed by atoms with Crippen LogP contribution in [0.1, 0.15) is 84.1 Å². The summed E-state index contributed by atoms with van der Waals surface area (Å²) < 4.78 is 17.9. The van der Waals surface area contributed by atoms with Crippen molar-refractivity contribution in [1.82, 2.24) is 0 Å². The van der Waals surface area contributed by atoms with E-state index in [-0.39, 0.29) is 4.12 Å². The third kappa shape index (κ3) is 8.24. The van der Waals surface area contributed by atoms with E-state index in [1.807, 2.05) is 30.3 Å². The molecule has 1 aromatic rings. The SMILES string of the molecule is CCCC[C](CCCC)(CCCC)[Sn][C@H]1O[C@@H](OC)[C@H](OCc2ccccc2)[C@@H](O)[C@@H]1O. The monoisotopic (exact) mass is 556 g/mol. The molecule has 5 nitrogen and oxygen atoms in total. The standard InChI is InChI=1S/C13H17O5.C13H27.Sn/c1-16-13-12(11(15)10(14)8-18-13)17-7-9-5-3-2-4-6-9;1-4-7-10-13(11-8-5-2)12-9-6-3;/h2-6,8,10-15H,7H2,1H3;4-12H2,1-3H3;/t10-,11+,12-,13-;;/m1../s1. The molecule has 0 aliphatic carbocycles. The molecule has 0 amide bonds. The van der Waals surface area contributed by atoms with Crippen LogP contribution in [0.5, 0.6) is 0 Å².